The minimum Gasteiger partial charge on any atom is -0.454 e. The first-order chi connectivity index (χ1) is 12.8. The van der Waals surface area contributed by atoms with E-state index in [4.69, 9.17) is 4.74 Å². The van der Waals surface area contributed by atoms with Gasteiger partial charge in [-0.1, -0.05) is 0 Å². The lowest BCUT2D eigenvalue weighted by molar-refractivity contribution is -0.385. The summed E-state index contributed by atoms with van der Waals surface area (Å²) in [5.41, 5.74) is -0.280. The normalized spacial score (nSPS) is 10.3. The van der Waals surface area contributed by atoms with E-state index in [1.54, 1.807) is 12.1 Å². The number of nitrogens with zero attached hydrogens (tertiary/aromatic N) is 1. The molecule has 0 aliphatic heterocycles. The summed E-state index contributed by atoms with van der Waals surface area (Å²) >= 11 is 4.29. The summed E-state index contributed by atoms with van der Waals surface area (Å²) < 4.78 is 5.21. The lowest BCUT2D eigenvalue weighted by Gasteiger charge is -2.04. The van der Waals surface area contributed by atoms with Gasteiger partial charge in [0.1, 0.15) is 0 Å². The molecule has 27 heavy (non-hydrogen) atoms. The molecule has 0 aliphatic carbocycles. The van der Waals surface area contributed by atoms with Crippen molar-refractivity contribution in [1.82, 2.24) is 5.32 Å². The molecule has 8 nitrogen and oxygen atoms in total. The Balaban J connectivity index is 1.92. The molecule has 0 saturated carbocycles. The first-order valence-corrected chi connectivity index (χ1v) is 9.36. The maximum absolute atomic E-state index is 12.2. The second-order valence-corrected chi connectivity index (χ2v) is 7.44. The zero-order chi connectivity index (χ0) is 20.0. The van der Waals surface area contributed by atoms with Gasteiger partial charge < -0.3 is 10.1 Å². The number of nitrogens with one attached hydrogen (secondary N) is 1. The lowest BCUT2D eigenvalue weighted by atomic mass is 10.2. The van der Waals surface area contributed by atoms with Gasteiger partial charge in [0.15, 0.2) is 6.61 Å². The topological polar surface area (TPSA) is 116 Å². The summed E-state index contributed by atoms with van der Waals surface area (Å²) in [6.45, 7) is 1.44. The van der Waals surface area contributed by atoms with Gasteiger partial charge in [-0.05, 0) is 46.6 Å². The molecule has 1 N–H and O–H groups in total. The summed E-state index contributed by atoms with van der Waals surface area (Å²) in [6.07, 6.45) is 0.597. The molecule has 2 rings (SSSR count). The molecular formula is C17H15BrN2O6S. The summed E-state index contributed by atoms with van der Waals surface area (Å²) in [7, 11) is 0. The monoisotopic (exact) mass is 454 g/mol. The quantitative estimate of drug-likeness (QED) is 0.283. The van der Waals surface area contributed by atoms with Crippen LogP contribution in [-0.2, 0) is 16.0 Å². The molecule has 0 fully saturated rings. The highest BCUT2D eigenvalue weighted by atomic mass is 79.9. The molecule has 1 aromatic carbocycles. The van der Waals surface area contributed by atoms with Crippen molar-refractivity contribution in [3.63, 3.8) is 0 Å². The van der Waals surface area contributed by atoms with Crippen molar-refractivity contribution >= 4 is 50.6 Å². The largest absolute Gasteiger partial charge is 0.454 e. The van der Waals surface area contributed by atoms with Gasteiger partial charge in [-0.3, -0.25) is 19.7 Å². The van der Waals surface area contributed by atoms with Gasteiger partial charge in [-0.15, -0.1) is 11.3 Å². The molecule has 1 heterocycles. The minimum absolute atomic E-state index is 0.0140. The van der Waals surface area contributed by atoms with E-state index < -0.39 is 17.5 Å². The fourth-order valence-electron chi connectivity index (χ4n) is 2.09. The Morgan fingerprint density at radius 3 is 2.67 bits per heavy atom. The Morgan fingerprint density at radius 2 is 2.00 bits per heavy atom. The van der Waals surface area contributed by atoms with Crippen LogP contribution < -0.4 is 5.32 Å². The number of thiophene rings is 1. The van der Waals surface area contributed by atoms with E-state index in [0.29, 0.717) is 17.8 Å². The maximum atomic E-state index is 12.2. The van der Waals surface area contributed by atoms with Crippen LogP contribution in [0.15, 0.2) is 34.8 Å². The summed E-state index contributed by atoms with van der Waals surface area (Å²) in [4.78, 5) is 46.7. The Hall–Kier alpha value is -2.59. The van der Waals surface area contributed by atoms with Gasteiger partial charge in [0.25, 0.3) is 5.69 Å². The van der Waals surface area contributed by atoms with E-state index in [0.717, 1.165) is 10.9 Å². The number of esters is 1. The first-order valence-electron chi connectivity index (χ1n) is 7.75. The van der Waals surface area contributed by atoms with E-state index in [2.05, 4.69) is 21.2 Å². The predicted octanol–water partition coefficient (Wildman–Crippen LogP) is 3.14. The van der Waals surface area contributed by atoms with Crippen molar-refractivity contribution in [2.24, 2.45) is 0 Å². The van der Waals surface area contributed by atoms with Crippen molar-refractivity contribution in [2.75, 3.05) is 13.2 Å². The number of nitro benzene ring substituents is 1. The van der Waals surface area contributed by atoms with E-state index in [1.165, 1.54) is 30.4 Å². The number of hydrogen-bond acceptors (Lipinski definition) is 7. The molecule has 0 bridgehead atoms. The Morgan fingerprint density at radius 1 is 1.26 bits per heavy atom. The number of nitro groups is 1. The number of amides is 1. The Labute approximate surface area is 166 Å². The van der Waals surface area contributed by atoms with Gasteiger partial charge in [0.05, 0.1) is 19.8 Å². The van der Waals surface area contributed by atoms with E-state index in [9.17, 15) is 24.5 Å². The number of rotatable bonds is 8. The smallest absolute Gasteiger partial charge is 0.338 e. The minimum atomic E-state index is -0.818. The molecule has 2 aromatic rings. The van der Waals surface area contributed by atoms with Gasteiger partial charge >= 0.3 is 5.97 Å². The zero-order valence-corrected chi connectivity index (χ0v) is 16.6. The number of benzene rings is 1. The van der Waals surface area contributed by atoms with Gasteiger partial charge in [-0.2, -0.15) is 0 Å². The number of halogens is 1. The van der Waals surface area contributed by atoms with Crippen LogP contribution in [0, 0.1) is 10.1 Å². The van der Waals surface area contributed by atoms with Gasteiger partial charge in [0.2, 0.25) is 11.7 Å². The lowest BCUT2D eigenvalue weighted by Crippen LogP contribution is -2.22. The van der Waals surface area contributed by atoms with E-state index >= 15 is 0 Å². The molecule has 0 spiro atoms. The highest BCUT2D eigenvalue weighted by Crippen LogP contribution is 2.26. The molecule has 10 heteroatoms. The van der Waals surface area contributed by atoms with Crippen LogP contribution in [0.2, 0.25) is 0 Å². The first kappa shape index (κ1) is 20.7. The molecule has 0 atom stereocenters. The number of ether oxygens (including phenoxy) is 1. The fraction of sp³-hybridized carbons (Fsp3) is 0.235. The number of hydrogen-bond donors (Lipinski definition) is 1. The number of carbonyl (C=O) groups excluding carboxylic acids is 3. The highest BCUT2D eigenvalue weighted by molar-refractivity contribution is 9.10. The number of carbonyl (C=O) groups is 3. The van der Waals surface area contributed by atoms with Crippen LogP contribution >= 0.6 is 27.3 Å². The zero-order valence-electron chi connectivity index (χ0n) is 14.2. The van der Waals surface area contributed by atoms with Crippen LogP contribution in [0.4, 0.5) is 5.69 Å². The van der Waals surface area contributed by atoms with Crippen molar-refractivity contribution < 1.29 is 24.0 Å². The van der Waals surface area contributed by atoms with Crippen LogP contribution in [-0.4, -0.2) is 35.7 Å². The average Bonchev–Trinajstić information content (AvgIpc) is 3.08. The Kier molecular flexibility index (Phi) is 7.19. The van der Waals surface area contributed by atoms with Crippen LogP contribution in [0.5, 0.6) is 0 Å². The predicted molar refractivity (Wildman–Crippen MR) is 102 cm³/mol. The molecule has 142 valence electrons. The molecule has 0 unspecified atom stereocenters. The summed E-state index contributed by atoms with van der Waals surface area (Å²) in [6, 6.07) is 7.24. The fourth-order valence-corrected chi connectivity index (χ4v) is 3.41. The van der Waals surface area contributed by atoms with Crippen molar-refractivity contribution in [1.29, 1.82) is 0 Å². The van der Waals surface area contributed by atoms with E-state index in [1.807, 2.05) is 0 Å². The van der Waals surface area contributed by atoms with Crippen LogP contribution in [0.25, 0.3) is 0 Å². The number of ketones is 1. The van der Waals surface area contributed by atoms with E-state index in [-0.39, 0.29) is 27.4 Å². The van der Waals surface area contributed by atoms with Crippen LogP contribution in [0.3, 0.4) is 0 Å². The molecule has 0 saturated heterocycles. The average molecular weight is 455 g/mol. The summed E-state index contributed by atoms with van der Waals surface area (Å²) in [5.74, 6) is -1.31. The molecular weight excluding hydrogens is 440 g/mol. The molecule has 1 amide bonds. The number of Topliss-reactive ketones (excluding diaryl/α,β-unsaturated/α-hetero) is 1. The Bertz CT molecular complexity index is 895. The SMILES string of the molecule is CC(=O)NCCc1ccc(C(=O)COC(=O)c2ccc(Br)c([N+](=O)[O-])c2)s1. The molecule has 0 radical (unpaired) electrons. The van der Waals surface area contributed by atoms with Crippen molar-refractivity contribution in [2.45, 2.75) is 13.3 Å². The van der Waals surface area contributed by atoms with Crippen molar-refractivity contribution in [3.8, 4) is 0 Å². The standard InChI is InChI=1S/C17H15BrN2O6S/c1-10(21)19-7-6-12-3-5-16(27-12)15(22)9-26-17(23)11-2-4-13(18)14(8-11)20(24)25/h2-5,8H,6-7,9H2,1H3,(H,19,21). The maximum Gasteiger partial charge on any atom is 0.338 e. The second kappa shape index (κ2) is 9.38. The third kappa shape index (κ3) is 5.97. The third-order valence-corrected chi connectivity index (χ3v) is 5.25. The van der Waals surface area contributed by atoms with Crippen molar-refractivity contribution in [3.05, 3.63) is 60.2 Å². The van der Waals surface area contributed by atoms with Gasteiger partial charge in [-0.25, -0.2) is 4.79 Å². The highest BCUT2D eigenvalue weighted by Gasteiger charge is 2.18. The molecule has 0 aliphatic rings. The second-order valence-electron chi connectivity index (χ2n) is 5.42. The third-order valence-electron chi connectivity index (χ3n) is 3.39. The summed E-state index contributed by atoms with van der Waals surface area (Å²) in [5, 5.41) is 13.6. The molecule has 1 aromatic heterocycles. The van der Waals surface area contributed by atoms with Crippen LogP contribution in [0.1, 0.15) is 31.8 Å². The van der Waals surface area contributed by atoms with Gasteiger partial charge in [0, 0.05) is 24.4 Å².